The van der Waals surface area contributed by atoms with Gasteiger partial charge >= 0.3 is 0 Å². The minimum atomic E-state index is -0.0573. The van der Waals surface area contributed by atoms with Gasteiger partial charge in [0.25, 0.3) is 5.91 Å². The number of rotatable bonds is 3. The van der Waals surface area contributed by atoms with E-state index in [1.54, 1.807) is 18.2 Å². The summed E-state index contributed by atoms with van der Waals surface area (Å²) in [7, 11) is 2.14. The number of benzene rings is 1. The minimum Gasteiger partial charge on any atom is -0.399 e. The fraction of sp³-hybridized carbons (Fsp3) is 0.533. The Morgan fingerprint density at radius 2 is 2.05 bits per heavy atom. The van der Waals surface area contributed by atoms with Crippen LogP contribution >= 0.6 is 15.9 Å². The Hall–Kier alpha value is -1.07. The van der Waals surface area contributed by atoms with E-state index in [0.717, 1.165) is 30.4 Å². The smallest absolute Gasteiger partial charge is 0.251 e. The lowest BCUT2D eigenvalue weighted by Crippen LogP contribution is -2.43. The number of hydrogen-bond acceptors (Lipinski definition) is 3. The second-order valence-electron chi connectivity index (χ2n) is 6.07. The summed E-state index contributed by atoms with van der Waals surface area (Å²) in [5.41, 5.74) is 7.15. The molecule has 1 aromatic rings. The molecule has 4 nitrogen and oxygen atoms in total. The van der Waals surface area contributed by atoms with E-state index in [1.807, 2.05) is 0 Å². The van der Waals surface area contributed by atoms with Crippen LogP contribution in [0.3, 0.4) is 0 Å². The van der Waals surface area contributed by atoms with Gasteiger partial charge in [0.1, 0.15) is 0 Å². The van der Waals surface area contributed by atoms with Gasteiger partial charge < -0.3 is 16.0 Å². The summed E-state index contributed by atoms with van der Waals surface area (Å²) < 4.78 is 0.827. The Labute approximate surface area is 128 Å². The first-order chi connectivity index (χ1) is 9.38. The number of piperidine rings is 1. The summed E-state index contributed by atoms with van der Waals surface area (Å²) in [6.45, 7) is 5.15. The van der Waals surface area contributed by atoms with E-state index < -0.39 is 0 Å². The summed E-state index contributed by atoms with van der Waals surface area (Å²) in [6, 6.07) is 5.29. The summed E-state index contributed by atoms with van der Waals surface area (Å²) in [4.78, 5) is 14.5. The fourth-order valence-electron chi connectivity index (χ4n) is 2.47. The molecule has 110 valence electrons. The van der Waals surface area contributed by atoms with E-state index in [9.17, 15) is 4.79 Å². The molecule has 0 bridgehead atoms. The largest absolute Gasteiger partial charge is 0.399 e. The van der Waals surface area contributed by atoms with Crippen molar-refractivity contribution >= 4 is 27.5 Å². The first-order valence-corrected chi connectivity index (χ1v) is 7.70. The molecule has 1 saturated heterocycles. The molecule has 0 atom stereocenters. The second kappa shape index (κ2) is 6.14. The molecule has 1 amide bonds. The second-order valence-corrected chi connectivity index (χ2v) is 6.99. The molecule has 3 N–H and O–H groups in total. The number of carbonyl (C=O) groups is 1. The molecule has 1 aromatic carbocycles. The summed E-state index contributed by atoms with van der Waals surface area (Å²) in [5.74, 6) is -0.0573. The lowest BCUT2D eigenvalue weighted by molar-refractivity contribution is 0.0891. The summed E-state index contributed by atoms with van der Waals surface area (Å²) in [6.07, 6.45) is 2.23. The van der Waals surface area contributed by atoms with Crippen LogP contribution in [0, 0.1) is 5.41 Å². The molecule has 20 heavy (non-hydrogen) atoms. The van der Waals surface area contributed by atoms with Crippen molar-refractivity contribution < 1.29 is 4.79 Å². The summed E-state index contributed by atoms with van der Waals surface area (Å²) >= 11 is 3.36. The molecule has 1 heterocycles. The Morgan fingerprint density at radius 1 is 1.40 bits per heavy atom. The molecule has 1 aliphatic heterocycles. The Morgan fingerprint density at radius 3 is 2.65 bits per heavy atom. The van der Waals surface area contributed by atoms with Gasteiger partial charge in [-0.2, -0.15) is 0 Å². The van der Waals surface area contributed by atoms with Gasteiger partial charge in [-0.15, -0.1) is 0 Å². The molecule has 0 radical (unpaired) electrons. The van der Waals surface area contributed by atoms with Crippen LogP contribution in [0.2, 0.25) is 0 Å². The lowest BCUT2D eigenvalue weighted by atomic mass is 9.80. The van der Waals surface area contributed by atoms with Crippen molar-refractivity contribution in [2.24, 2.45) is 5.41 Å². The average molecular weight is 340 g/mol. The Kier molecular flexibility index (Phi) is 4.70. The van der Waals surface area contributed by atoms with Gasteiger partial charge in [0, 0.05) is 22.3 Å². The van der Waals surface area contributed by atoms with Crippen molar-refractivity contribution in [1.29, 1.82) is 0 Å². The van der Waals surface area contributed by atoms with Gasteiger partial charge in [-0.3, -0.25) is 4.79 Å². The van der Waals surface area contributed by atoms with Crippen LogP contribution in [0.25, 0.3) is 0 Å². The van der Waals surface area contributed by atoms with Crippen molar-refractivity contribution in [3.8, 4) is 0 Å². The maximum atomic E-state index is 12.2. The highest BCUT2D eigenvalue weighted by Crippen LogP contribution is 2.29. The molecule has 0 saturated carbocycles. The number of likely N-dealkylation sites (tertiary alicyclic amines) is 1. The van der Waals surface area contributed by atoms with Crippen LogP contribution < -0.4 is 11.1 Å². The maximum Gasteiger partial charge on any atom is 0.251 e. The van der Waals surface area contributed by atoms with Crippen LogP contribution in [0.1, 0.15) is 30.1 Å². The van der Waals surface area contributed by atoms with Crippen molar-refractivity contribution in [2.45, 2.75) is 19.8 Å². The van der Waals surface area contributed by atoms with Crippen molar-refractivity contribution in [2.75, 3.05) is 32.4 Å². The van der Waals surface area contributed by atoms with E-state index in [1.165, 1.54) is 0 Å². The molecule has 0 spiro atoms. The molecule has 5 heteroatoms. The molecule has 0 aliphatic carbocycles. The minimum absolute atomic E-state index is 0.0573. The number of nitrogens with two attached hydrogens (primary N) is 1. The zero-order chi connectivity index (χ0) is 14.8. The number of anilines is 1. The number of nitrogens with zero attached hydrogens (tertiary/aromatic N) is 1. The van der Waals surface area contributed by atoms with Crippen molar-refractivity contribution in [1.82, 2.24) is 10.2 Å². The molecular weight excluding hydrogens is 318 g/mol. The van der Waals surface area contributed by atoms with E-state index >= 15 is 0 Å². The van der Waals surface area contributed by atoms with E-state index in [2.05, 4.69) is 40.1 Å². The third-order valence-electron chi connectivity index (χ3n) is 4.05. The standard InChI is InChI=1S/C15H22BrN3O/c1-15(3-5-19(2)6-4-15)10-18-14(20)11-7-12(16)9-13(17)8-11/h7-9H,3-6,10,17H2,1-2H3,(H,18,20). The van der Waals surface area contributed by atoms with Crippen LogP contribution in [-0.2, 0) is 0 Å². The lowest BCUT2D eigenvalue weighted by Gasteiger charge is -2.37. The van der Waals surface area contributed by atoms with Gasteiger partial charge in [-0.1, -0.05) is 22.9 Å². The van der Waals surface area contributed by atoms with Gasteiger partial charge in [0.2, 0.25) is 0 Å². The van der Waals surface area contributed by atoms with Gasteiger partial charge in [-0.25, -0.2) is 0 Å². The van der Waals surface area contributed by atoms with Crippen LogP contribution in [0.5, 0.6) is 0 Å². The third-order valence-corrected chi connectivity index (χ3v) is 4.51. The van der Waals surface area contributed by atoms with Crippen molar-refractivity contribution in [3.63, 3.8) is 0 Å². The Bertz CT molecular complexity index is 476. The first kappa shape index (κ1) is 15.3. The van der Waals surface area contributed by atoms with Crippen LogP contribution in [0.4, 0.5) is 5.69 Å². The predicted molar refractivity (Wildman–Crippen MR) is 85.7 cm³/mol. The van der Waals surface area contributed by atoms with Crippen LogP contribution in [0.15, 0.2) is 22.7 Å². The van der Waals surface area contributed by atoms with Crippen molar-refractivity contribution in [3.05, 3.63) is 28.2 Å². The van der Waals surface area contributed by atoms with Gasteiger partial charge in [0.05, 0.1) is 0 Å². The highest BCUT2D eigenvalue weighted by molar-refractivity contribution is 9.10. The molecule has 2 rings (SSSR count). The number of halogens is 1. The van der Waals surface area contributed by atoms with Crippen LogP contribution in [-0.4, -0.2) is 37.5 Å². The fourth-order valence-corrected chi connectivity index (χ4v) is 2.99. The Balaban J connectivity index is 1.95. The molecule has 1 aliphatic rings. The zero-order valence-electron chi connectivity index (χ0n) is 12.1. The molecule has 0 aromatic heterocycles. The normalized spacial score (nSPS) is 18.8. The maximum absolute atomic E-state index is 12.2. The SMILES string of the molecule is CN1CCC(C)(CNC(=O)c2cc(N)cc(Br)c2)CC1. The number of nitrogen functional groups attached to an aromatic ring is 1. The van der Waals surface area contributed by atoms with Gasteiger partial charge in [0.15, 0.2) is 0 Å². The highest BCUT2D eigenvalue weighted by atomic mass is 79.9. The predicted octanol–water partition coefficient (Wildman–Crippen LogP) is 2.49. The van der Waals surface area contributed by atoms with E-state index in [0.29, 0.717) is 17.8 Å². The number of hydrogen-bond donors (Lipinski definition) is 2. The van der Waals surface area contributed by atoms with E-state index in [4.69, 9.17) is 5.73 Å². The molecule has 0 unspecified atom stereocenters. The average Bonchev–Trinajstić information content (AvgIpc) is 2.39. The van der Waals surface area contributed by atoms with E-state index in [-0.39, 0.29) is 11.3 Å². The number of carbonyl (C=O) groups excluding carboxylic acids is 1. The molecule has 1 fully saturated rings. The number of nitrogens with one attached hydrogen (secondary N) is 1. The summed E-state index contributed by atoms with van der Waals surface area (Å²) in [5, 5.41) is 3.04. The first-order valence-electron chi connectivity index (χ1n) is 6.91. The quantitative estimate of drug-likeness (QED) is 0.832. The monoisotopic (exact) mass is 339 g/mol. The third kappa shape index (κ3) is 3.96. The van der Waals surface area contributed by atoms with Gasteiger partial charge in [-0.05, 0) is 56.6 Å². The topological polar surface area (TPSA) is 58.4 Å². The zero-order valence-corrected chi connectivity index (χ0v) is 13.7. The number of amides is 1. The highest BCUT2D eigenvalue weighted by Gasteiger charge is 2.29. The molecular formula is C15H22BrN3O.